The summed E-state index contributed by atoms with van der Waals surface area (Å²) in [5, 5.41) is 4.08. The Morgan fingerprint density at radius 1 is 1.48 bits per heavy atom. The highest BCUT2D eigenvalue weighted by molar-refractivity contribution is 6.33. The summed E-state index contributed by atoms with van der Waals surface area (Å²) >= 11 is 6.38. The average Bonchev–Trinajstić information content (AvgIpc) is 2.46. The van der Waals surface area contributed by atoms with Crippen molar-refractivity contribution >= 4 is 17.4 Å². The summed E-state index contributed by atoms with van der Waals surface area (Å²) in [7, 11) is 2.03. The summed E-state index contributed by atoms with van der Waals surface area (Å²) in [6.45, 7) is 6.76. The predicted octanol–water partition coefficient (Wildman–Crippen LogP) is 3.24. The van der Waals surface area contributed by atoms with E-state index in [2.05, 4.69) is 29.0 Å². The summed E-state index contributed by atoms with van der Waals surface area (Å²) in [6, 6.07) is 2.45. The third kappa shape index (κ3) is 5.13. The van der Waals surface area contributed by atoms with Gasteiger partial charge in [0.2, 0.25) is 0 Å². The minimum atomic E-state index is 0.295. The first-order valence-electron chi connectivity index (χ1n) is 7.77. The summed E-state index contributed by atoms with van der Waals surface area (Å²) in [5.74, 6) is 0.833. The molecule has 1 aromatic heterocycles. The maximum Gasteiger partial charge on any atom is 0.147 e. The minimum absolute atomic E-state index is 0.295. The molecular formula is C16H26ClN3O. The minimum Gasteiger partial charge on any atom is -0.376 e. The number of nitrogens with one attached hydrogen (secondary N) is 1. The van der Waals surface area contributed by atoms with Crippen LogP contribution in [0.2, 0.25) is 5.02 Å². The van der Waals surface area contributed by atoms with Crippen molar-refractivity contribution in [3.05, 3.63) is 22.8 Å². The monoisotopic (exact) mass is 311 g/mol. The van der Waals surface area contributed by atoms with Gasteiger partial charge in [0.15, 0.2) is 0 Å². The molecule has 0 aromatic carbocycles. The summed E-state index contributed by atoms with van der Waals surface area (Å²) < 4.78 is 5.78. The first kappa shape index (κ1) is 16.5. The van der Waals surface area contributed by atoms with Crippen molar-refractivity contribution in [3.63, 3.8) is 0 Å². The second-order valence-corrected chi connectivity index (χ2v) is 6.46. The van der Waals surface area contributed by atoms with E-state index in [-0.39, 0.29) is 0 Å². The Morgan fingerprint density at radius 3 is 2.90 bits per heavy atom. The molecule has 1 aliphatic rings. The molecule has 1 N–H and O–H groups in total. The average molecular weight is 312 g/mol. The molecule has 1 atom stereocenters. The number of aromatic nitrogens is 1. The molecule has 1 saturated heterocycles. The second-order valence-electron chi connectivity index (χ2n) is 6.05. The Hall–Kier alpha value is -0.840. The van der Waals surface area contributed by atoms with Crippen molar-refractivity contribution in [1.82, 2.24) is 10.3 Å². The molecule has 2 heterocycles. The largest absolute Gasteiger partial charge is 0.376 e. The first-order chi connectivity index (χ1) is 10.1. The molecule has 118 valence electrons. The summed E-state index contributed by atoms with van der Waals surface area (Å²) in [4.78, 5) is 6.62. The van der Waals surface area contributed by atoms with Crippen LogP contribution in [0.15, 0.2) is 12.3 Å². The number of hydrogen-bond donors (Lipinski definition) is 1. The molecule has 1 unspecified atom stereocenters. The zero-order valence-electron chi connectivity index (χ0n) is 13.2. The van der Waals surface area contributed by atoms with Crippen molar-refractivity contribution in [2.75, 3.05) is 25.1 Å². The Balaban J connectivity index is 1.95. The van der Waals surface area contributed by atoms with Gasteiger partial charge in [0, 0.05) is 39.0 Å². The molecule has 0 bridgehead atoms. The zero-order valence-corrected chi connectivity index (χ0v) is 14.0. The SMILES string of the molecule is CC(C)NCc1cnc(N(C)CC2CCCCO2)c(Cl)c1. The number of likely N-dealkylation sites (N-methyl/N-ethyl adjacent to an activating group) is 1. The predicted molar refractivity (Wildman–Crippen MR) is 88.1 cm³/mol. The fourth-order valence-electron chi connectivity index (χ4n) is 2.51. The number of hydrogen-bond acceptors (Lipinski definition) is 4. The van der Waals surface area contributed by atoms with E-state index < -0.39 is 0 Å². The topological polar surface area (TPSA) is 37.4 Å². The maximum atomic E-state index is 6.38. The van der Waals surface area contributed by atoms with Crippen LogP contribution in [0.1, 0.15) is 38.7 Å². The quantitative estimate of drug-likeness (QED) is 0.875. The highest BCUT2D eigenvalue weighted by atomic mass is 35.5. The van der Waals surface area contributed by atoms with Crippen LogP contribution in [0.3, 0.4) is 0 Å². The lowest BCUT2D eigenvalue weighted by atomic mass is 10.1. The van der Waals surface area contributed by atoms with E-state index in [1.165, 1.54) is 12.8 Å². The van der Waals surface area contributed by atoms with Gasteiger partial charge in [-0.25, -0.2) is 4.98 Å². The van der Waals surface area contributed by atoms with Gasteiger partial charge in [-0.05, 0) is 30.9 Å². The van der Waals surface area contributed by atoms with Gasteiger partial charge in [-0.2, -0.15) is 0 Å². The fraction of sp³-hybridized carbons (Fsp3) is 0.688. The van der Waals surface area contributed by atoms with Crippen molar-refractivity contribution in [2.45, 2.75) is 51.8 Å². The number of ether oxygens (including phenoxy) is 1. The van der Waals surface area contributed by atoms with Gasteiger partial charge >= 0.3 is 0 Å². The van der Waals surface area contributed by atoms with Gasteiger partial charge in [0.05, 0.1) is 11.1 Å². The summed E-state index contributed by atoms with van der Waals surface area (Å²) in [5.41, 5.74) is 1.11. The third-order valence-electron chi connectivity index (χ3n) is 3.71. The van der Waals surface area contributed by atoms with Gasteiger partial charge in [0.1, 0.15) is 5.82 Å². The van der Waals surface area contributed by atoms with Crippen molar-refractivity contribution in [1.29, 1.82) is 0 Å². The molecule has 0 radical (unpaired) electrons. The molecule has 0 spiro atoms. The molecular weight excluding hydrogens is 286 g/mol. The van der Waals surface area contributed by atoms with Crippen molar-refractivity contribution < 1.29 is 4.74 Å². The molecule has 1 fully saturated rings. The molecule has 0 amide bonds. The van der Waals surface area contributed by atoms with Gasteiger partial charge in [-0.1, -0.05) is 25.4 Å². The Kier molecular flexibility index (Phi) is 6.27. The maximum absolute atomic E-state index is 6.38. The van der Waals surface area contributed by atoms with Crippen LogP contribution < -0.4 is 10.2 Å². The molecule has 1 aromatic rings. The molecule has 21 heavy (non-hydrogen) atoms. The highest BCUT2D eigenvalue weighted by Crippen LogP contribution is 2.24. The first-order valence-corrected chi connectivity index (χ1v) is 8.14. The normalized spacial score (nSPS) is 19.0. The molecule has 0 saturated carbocycles. The lowest BCUT2D eigenvalue weighted by Gasteiger charge is -2.28. The highest BCUT2D eigenvalue weighted by Gasteiger charge is 2.18. The van der Waals surface area contributed by atoms with Gasteiger partial charge < -0.3 is 15.0 Å². The van der Waals surface area contributed by atoms with E-state index >= 15 is 0 Å². The lowest BCUT2D eigenvalue weighted by Crippen LogP contribution is -2.34. The van der Waals surface area contributed by atoms with E-state index in [4.69, 9.17) is 16.3 Å². The Morgan fingerprint density at radius 2 is 2.29 bits per heavy atom. The fourth-order valence-corrected chi connectivity index (χ4v) is 2.85. The molecule has 5 heteroatoms. The van der Waals surface area contributed by atoms with Crippen LogP contribution in [0.5, 0.6) is 0 Å². The third-order valence-corrected chi connectivity index (χ3v) is 3.98. The van der Waals surface area contributed by atoms with Crippen LogP contribution >= 0.6 is 11.6 Å². The van der Waals surface area contributed by atoms with E-state index in [0.29, 0.717) is 17.2 Å². The lowest BCUT2D eigenvalue weighted by molar-refractivity contribution is 0.0215. The van der Waals surface area contributed by atoms with E-state index in [1.807, 2.05) is 19.3 Å². The van der Waals surface area contributed by atoms with Crippen molar-refractivity contribution in [3.8, 4) is 0 Å². The van der Waals surface area contributed by atoms with Crippen LogP contribution in [-0.2, 0) is 11.3 Å². The number of halogens is 1. The smallest absolute Gasteiger partial charge is 0.147 e. The Bertz CT molecular complexity index is 447. The van der Waals surface area contributed by atoms with E-state index in [1.54, 1.807) is 0 Å². The van der Waals surface area contributed by atoms with Gasteiger partial charge in [-0.3, -0.25) is 0 Å². The van der Waals surface area contributed by atoms with E-state index in [9.17, 15) is 0 Å². The van der Waals surface area contributed by atoms with Crippen LogP contribution in [-0.4, -0.2) is 37.3 Å². The molecule has 4 nitrogen and oxygen atoms in total. The number of anilines is 1. The standard InChI is InChI=1S/C16H26ClN3O/c1-12(2)18-9-13-8-15(17)16(19-10-13)20(3)11-14-6-4-5-7-21-14/h8,10,12,14,18H,4-7,9,11H2,1-3H3. The van der Waals surface area contributed by atoms with Crippen LogP contribution in [0.4, 0.5) is 5.82 Å². The molecule has 2 rings (SSSR count). The number of pyridine rings is 1. The van der Waals surface area contributed by atoms with Gasteiger partial charge in [-0.15, -0.1) is 0 Å². The zero-order chi connectivity index (χ0) is 15.2. The van der Waals surface area contributed by atoms with Crippen LogP contribution in [0, 0.1) is 0 Å². The number of nitrogens with zero attached hydrogens (tertiary/aromatic N) is 2. The second kappa shape index (κ2) is 7.97. The van der Waals surface area contributed by atoms with Crippen molar-refractivity contribution in [2.24, 2.45) is 0 Å². The van der Waals surface area contributed by atoms with E-state index in [0.717, 1.165) is 37.5 Å². The number of rotatable bonds is 6. The summed E-state index contributed by atoms with van der Waals surface area (Å²) in [6.07, 6.45) is 5.74. The Labute approximate surface area is 132 Å². The van der Waals surface area contributed by atoms with Crippen LogP contribution in [0.25, 0.3) is 0 Å². The van der Waals surface area contributed by atoms with Gasteiger partial charge in [0.25, 0.3) is 0 Å². The molecule has 1 aliphatic heterocycles. The molecule has 0 aliphatic carbocycles.